The number of pyridine rings is 1. The summed E-state index contributed by atoms with van der Waals surface area (Å²) in [5.41, 5.74) is 0. The van der Waals surface area contributed by atoms with Crippen LogP contribution in [0, 0.1) is 0 Å². The second kappa shape index (κ2) is 5.71. The van der Waals surface area contributed by atoms with E-state index in [1.54, 1.807) is 42.0 Å². The minimum atomic E-state index is -3.51. The molecule has 21 heavy (non-hydrogen) atoms. The topological polar surface area (TPSA) is 59.5 Å². The quantitative estimate of drug-likeness (QED) is 0.867. The molecule has 112 valence electrons. The third-order valence-electron chi connectivity index (χ3n) is 3.91. The fourth-order valence-electron chi connectivity index (χ4n) is 2.93. The van der Waals surface area contributed by atoms with Crippen LogP contribution in [0.25, 0.3) is 10.8 Å². The lowest BCUT2D eigenvalue weighted by Crippen LogP contribution is -2.38. The van der Waals surface area contributed by atoms with Crippen molar-refractivity contribution >= 4 is 20.8 Å². The van der Waals surface area contributed by atoms with Gasteiger partial charge in [-0.2, -0.15) is 4.31 Å². The predicted octanol–water partition coefficient (Wildman–Crippen LogP) is 2.03. The number of fused-ring (bicyclic) bond motifs is 1. The molecule has 0 bridgehead atoms. The maximum absolute atomic E-state index is 13.0. The summed E-state index contributed by atoms with van der Waals surface area (Å²) in [7, 11) is -1.91. The lowest BCUT2D eigenvalue weighted by atomic mass is 10.2. The molecule has 6 heteroatoms. The Hall–Kier alpha value is -1.50. The molecule has 3 rings (SSSR count). The maximum Gasteiger partial charge on any atom is 0.244 e. The lowest BCUT2D eigenvalue weighted by molar-refractivity contribution is 0.149. The van der Waals surface area contributed by atoms with Crippen molar-refractivity contribution in [3.8, 4) is 0 Å². The van der Waals surface area contributed by atoms with Gasteiger partial charge in [0.1, 0.15) is 0 Å². The highest BCUT2D eigenvalue weighted by Crippen LogP contribution is 2.30. The summed E-state index contributed by atoms with van der Waals surface area (Å²) < 4.78 is 32.7. The molecule has 0 amide bonds. The second-order valence-corrected chi connectivity index (χ2v) is 7.08. The lowest BCUT2D eigenvalue weighted by Gasteiger charge is -2.24. The zero-order chi connectivity index (χ0) is 14.9. The average Bonchev–Trinajstić information content (AvgIpc) is 2.96. The molecule has 0 unspecified atom stereocenters. The van der Waals surface area contributed by atoms with Gasteiger partial charge in [-0.05, 0) is 25.0 Å². The number of nitrogens with zero attached hydrogens (tertiary/aromatic N) is 2. The van der Waals surface area contributed by atoms with E-state index < -0.39 is 10.0 Å². The van der Waals surface area contributed by atoms with Gasteiger partial charge in [-0.3, -0.25) is 4.98 Å². The summed E-state index contributed by atoms with van der Waals surface area (Å²) in [6.07, 6.45) is 5.03. The van der Waals surface area contributed by atoms with Crippen molar-refractivity contribution in [2.45, 2.75) is 23.8 Å². The van der Waals surface area contributed by atoms with Crippen LogP contribution in [0.4, 0.5) is 0 Å². The number of ether oxygens (including phenoxy) is 1. The predicted molar refractivity (Wildman–Crippen MR) is 80.5 cm³/mol. The number of sulfonamides is 1. The Bertz CT molecular complexity index is 740. The van der Waals surface area contributed by atoms with Gasteiger partial charge in [0.2, 0.25) is 10.0 Å². The largest absolute Gasteiger partial charge is 0.383 e. The highest BCUT2D eigenvalue weighted by molar-refractivity contribution is 7.89. The SMILES string of the molecule is COC[C@@H]1CCCN1S(=O)(=O)c1cccc2cnccc12. The van der Waals surface area contributed by atoms with Crippen molar-refractivity contribution in [1.29, 1.82) is 0 Å². The molecule has 1 fully saturated rings. The molecule has 0 N–H and O–H groups in total. The molecule has 1 aromatic carbocycles. The molecule has 0 aliphatic carbocycles. The van der Waals surface area contributed by atoms with Crippen molar-refractivity contribution in [3.05, 3.63) is 36.7 Å². The van der Waals surface area contributed by atoms with E-state index in [9.17, 15) is 8.42 Å². The van der Waals surface area contributed by atoms with Crippen LogP contribution < -0.4 is 0 Å². The molecule has 2 aromatic rings. The van der Waals surface area contributed by atoms with E-state index in [-0.39, 0.29) is 6.04 Å². The standard InChI is InChI=1S/C15H18N2O3S/c1-20-11-13-5-3-9-17(13)21(18,19)15-6-2-4-12-10-16-8-7-14(12)15/h2,4,6-8,10,13H,3,5,9,11H2,1H3/t13-/m0/s1. The van der Waals surface area contributed by atoms with Crippen molar-refractivity contribution in [1.82, 2.24) is 9.29 Å². The maximum atomic E-state index is 13.0. The average molecular weight is 306 g/mol. The molecule has 1 aliphatic rings. The van der Waals surface area contributed by atoms with Crippen molar-refractivity contribution < 1.29 is 13.2 Å². The molecule has 1 aromatic heterocycles. The molecule has 1 aliphatic heterocycles. The Morgan fingerprint density at radius 3 is 3.05 bits per heavy atom. The van der Waals surface area contributed by atoms with Crippen LogP contribution in [0.1, 0.15) is 12.8 Å². The van der Waals surface area contributed by atoms with Crippen LogP contribution in [0.3, 0.4) is 0 Å². The zero-order valence-electron chi connectivity index (χ0n) is 11.9. The number of hydrogen-bond acceptors (Lipinski definition) is 4. The Balaban J connectivity index is 2.08. The zero-order valence-corrected chi connectivity index (χ0v) is 12.7. The highest BCUT2D eigenvalue weighted by Gasteiger charge is 2.35. The van der Waals surface area contributed by atoms with Gasteiger partial charge < -0.3 is 4.74 Å². The van der Waals surface area contributed by atoms with E-state index in [1.165, 1.54) is 0 Å². The van der Waals surface area contributed by atoms with E-state index in [0.717, 1.165) is 23.6 Å². The molecule has 1 atom stereocenters. The third-order valence-corrected chi connectivity index (χ3v) is 5.92. The highest BCUT2D eigenvalue weighted by atomic mass is 32.2. The number of benzene rings is 1. The van der Waals surface area contributed by atoms with Crippen LogP contribution in [0.15, 0.2) is 41.6 Å². The third kappa shape index (κ3) is 2.54. The molecular weight excluding hydrogens is 288 g/mol. The fraction of sp³-hybridized carbons (Fsp3) is 0.400. The Morgan fingerprint density at radius 2 is 2.24 bits per heavy atom. The number of methoxy groups -OCH3 is 1. The first-order chi connectivity index (χ1) is 10.1. The van der Waals surface area contributed by atoms with Crippen LogP contribution in [-0.2, 0) is 14.8 Å². The minimum absolute atomic E-state index is 0.0721. The summed E-state index contributed by atoms with van der Waals surface area (Å²) in [6.45, 7) is 0.989. The number of rotatable bonds is 4. The first-order valence-corrected chi connectivity index (χ1v) is 8.42. The van der Waals surface area contributed by atoms with Crippen LogP contribution >= 0.6 is 0 Å². The summed E-state index contributed by atoms with van der Waals surface area (Å²) in [5.74, 6) is 0. The molecule has 0 spiro atoms. The molecular formula is C15H18N2O3S. The first-order valence-electron chi connectivity index (χ1n) is 6.98. The van der Waals surface area contributed by atoms with E-state index in [4.69, 9.17) is 4.74 Å². The number of hydrogen-bond donors (Lipinski definition) is 0. The van der Waals surface area contributed by atoms with E-state index in [1.807, 2.05) is 6.07 Å². The normalized spacial score (nSPS) is 20.1. The van der Waals surface area contributed by atoms with Gasteiger partial charge in [-0.25, -0.2) is 8.42 Å². The van der Waals surface area contributed by atoms with Gasteiger partial charge >= 0.3 is 0 Å². The van der Waals surface area contributed by atoms with Gasteiger partial charge in [0, 0.05) is 42.9 Å². The monoisotopic (exact) mass is 306 g/mol. The molecule has 0 saturated carbocycles. The smallest absolute Gasteiger partial charge is 0.244 e. The Kier molecular flexibility index (Phi) is 3.93. The van der Waals surface area contributed by atoms with Crippen LogP contribution in [0.5, 0.6) is 0 Å². The molecule has 1 saturated heterocycles. The summed E-state index contributed by atoms with van der Waals surface area (Å²) in [5, 5.41) is 1.55. The van der Waals surface area contributed by atoms with Crippen LogP contribution in [-0.4, -0.2) is 44.0 Å². The van der Waals surface area contributed by atoms with Gasteiger partial charge in [-0.1, -0.05) is 12.1 Å². The Morgan fingerprint density at radius 1 is 1.38 bits per heavy atom. The van der Waals surface area contributed by atoms with Gasteiger partial charge in [0.15, 0.2) is 0 Å². The van der Waals surface area contributed by atoms with Crippen molar-refractivity contribution in [2.75, 3.05) is 20.3 Å². The molecule has 0 radical (unpaired) electrons. The molecule has 5 nitrogen and oxygen atoms in total. The summed E-state index contributed by atoms with van der Waals surface area (Å²) in [6, 6.07) is 6.98. The van der Waals surface area contributed by atoms with Crippen molar-refractivity contribution in [3.63, 3.8) is 0 Å². The van der Waals surface area contributed by atoms with Gasteiger partial charge in [-0.15, -0.1) is 0 Å². The van der Waals surface area contributed by atoms with Crippen molar-refractivity contribution in [2.24, 2.45) is 0 Å². The first kappa shape index (κ1) is 14.4. The van der Waals surface area contributed by atoms with E-state index in [0.29, 0.717) is 18.0 Å². The van der Waals surface area contributed by atoms with Gasteiger partial charge in [0.25, 0.3) is 0 Å². The number of aromatic nitrogens is 1. The van der Waals surface area contributed by atoms with Crippen LogP contribution in [0.2, 0.25) is 0 Å². The second-order valence-electron chi connectivity index (χ2n) is 5.22. The minimum Gasteiger partial charge on any atom is -0.383 e. The Labute approximate surface area is 124 Å². The fourth-order valence-corrected chi connectivity index (χ4v) is 4.82. The summed E-state index contributed by atoms with van der Waals surface area (Å²) in [4.78, 5) is 4.40. The molecule has 2 heterocycles. The van der Waals surface area contributed by atoms with E-state index in [2.05, 4.69) is 4.98 Å². The van der Waals surface area contributed by atoms with Gasteiger partial charge in [0.05, 0.1) is 11.5 Å². The van der Waals surface area contributed by atoms with E-state index >= 15 is 0 Å². The summed E-state index contributed by atoms with van der Waals surface area (Å²) >= 11 is 0.